The van der Waals surface area contributed by atoms with Crippen LogP contribution in [0.5, 0.6) is 0 Å². The van der Waals surface area contributed by atoms with Gasteiger partial charge < -0.3 is 4.90 Å². The predicted octanol–water partition coefficient (Wildman–Crippen LogP) is 2.77. The molecule has 2 aromatic rings. The van der Waals surface area contributed by atoms with E-state index in [-0.39, 0.29) is 18.4 Å². The molecule has 25 heavy (non-hydrogen) atoms. The molecule has 1 aromatic heterocycles. The van der Waals surface area contributed by atoms with Crippen LogP contribution in [0.2, 0.25) is 0 Å². The summed E-state index contributed by atoms with van der Waals surface area (Å²) in [5.41, 5.74) is 1.32. The normalized spacial score (nSPS) is 16.9. The Kier molecular flexibility index (Phi) is 4.67. The van der Waals surface area contributed by atoms with Crippen molar-refractivity contribution in [1.29, 1.82) is 0 Å². The topological polar surface area (TPSA) is 53.5 Å². The minimum absolute atomic E-state index is 0.00664. The molecule has 2 aliphatic heterocycles. The highest BCUT2D eigenvalue weighted by atomic mass is 32.2. The van der Waals surface area contributed by atoms with Gasteiger partial charge in [-0.05, 0) is 24.3 Å². The molecule has 2 aliphatic rings. The number of aromatic nitrogens is 1. The molecule has 0 saturated carbocycles. The quantitative estimate of drug-likeness (QED) is 0.813. The highest BCUT2D eigenvalue weighted by molar-refractivity contribution is 7.99. The third-order valence-corrected chi connectivity index (χ3v) is 6.29. The van der Waals surface area contributed by atoms with E-state index in [0.29, 0.717) is 11.3 Å². The molecule has 0 spiro atoms. The number of fused-ring (bicyclic) bond motifs is 2. The highest BCUT2D eigenvalue weighted by Crippen LogP contribution is 2.39. The Morgan fingerprint density at radius 3 is 2.76 bits per heavy atom. The Balaban J connectivity index is 1.69. The van der Waals surface area contributed by atoms with E-state index in [1.165, 1.54) is 11.8 Å². The van der Waals surface area contributed by atoms with E-state index in [1.54, 1.807) is 17.2 Å². The predicted molar refractivity (Wildman–Crippen MR) is 100 cm³/mol. The number of benzene rings is 1. The molecule has 0 aliphatic carbocycles. The van der Waals surface area contributed by atoms with Gasteiger partial charge in [0.15, 0.2) is 0 Å². The molecule has 1 aromatic carbocycles. The van der Waals surface area contributed by atoms with E-state index in [1.807, 2.05) is 47.0 Å². The highest BCUT2D eigenvalue weighted by Gasteiger charge is 2.30. The zero-order chi connectivity index (χ0) is 17.2. The summed E-state index contributed by atoms with van der Waals surface area (Å²) in [5.74, 6) is 1.76. The number of pyridine rings is 1. The third kappa shape index (κ3) is 3.26. The second-order valence-corrected chi connectivity index (χ2v) is 8.07. The van der Waals surface area contributed by atoms with Crippen molar-refractivity contribution in [2.24, 2.45) is 0 Å². The van der Waals surface area contributed by atoms with Crippen LogP contribution >= 0.6 is 23.5 Å². The summed E-state index contributed by atoms with van der Waals surface area (Å²) < 4.78 is 0. The number of amides is 2. The third-order valence-electron chi connectivity index (χ3n) is 4.27. The lowest BCUT2D eigenvalue weighted by molar-refractivity contribution is -0.129. The van der Waals surface area contributed by atoms with Gasteiger partial charge in [-0.25, -0.2) is 4.98 Å². The molecule has 1 fully saturated rings. The first-order chi connectivity index (χ1) is 12.2. The summed E-state index contributed by atoms with van der Waals surface area (Å²) in [4.78, 5) is 34.6. The van der Waals surface area contributed by atoms with Crippen molar-refractivity contribution in [2.45, 2.75) is 9.92 Å². The lowest BCUT2D eigenvalue weighted by atomic mass is 10.2. The molecule has 128 valence electrons. The Labute approximate surface area is 154 Å². The number of hydrogen-bond donors (Lipinski definition) is 0. The van der Waals surface area contributed by atoms with Crippen LogP contribution in [0, 0.1) is 0 Å². The van der Waals surface area contributed by atoms with E-state index >= 15 is 0 Å². The van der Waals surface area contributed by atoms with Gasteiger partial charge in [0.1, 0.15) is 11.6 Å². The van der Waals surface area contributed by atoms with E-state index in [0.717, 1.165) is 34.5 Å². The molecule has 5 nitrogen and oxygen atoms in total. The van der Waals surface area contributed by atoms with Gasteiger partial charge in [0.2, 0.25) is 5.91 Å². The molecule has 0 atom stereocenters. The first-order valence-electron chi connectivity index (χ1n) is 8.13. The number of carbonyl (C=O) groups is 2. The summed E-state index contributed by atoms with van der Waals surface area (Å²) in [5, 5.41) is 0.753. The van der Waals surface area contributed by atoms with E-state index in [2.05, 4.69) is 4.98 Å². The van der Waals surface area contributed by atoms with Crippen LogP contribution in [-0.2, 0) is 4.79 Å². The second kappa shape index (κ2) is 7.09. The number of carbonyl (C=O) groups excluding carboxylic acids is 2. The average Bonchev–Trinajstić information content (AvgIpc) is 2.78. The van der Waals surface area contributed by atoms with Crippen molar-refractivity contribution in [1.82, 2.24) is 9.88 Å². The van der Waals surface area contributed by atoms with Gasteiger partial charge >= 0.3 is 0 Å². The molecule has 0 N–H and O–H groups in total. The van der Waals surface area contributed by atoms with Crippen molar-refractivity contribution in [3.63, 3.8) is 0 Å². The number of thioether (sulfide) groups is 1. The Morgan fingerprint density at radius 1 is 1.12 bits per heavy atom. The van der Waals surface area contributed by atoms with Gasteiger partial charge in [-0.1, -0.05) is 23.9 Å². The molecule has 2 amide bonds. The molecule has 0 radical (unpaired) electrons. The Bertz CT molecular complexity index is 821. The van der Waals surface area contributed by atoms with Gasteiger partial charge in [-0.15, -0.1) is 0 Å². The molecule has 3 heterocycles. The minimum atomic E-state index is -0.144. The average molecular weight is 371 g/mol. The van der Waals surface area contributed by atoms with Crippen molar-refractivity contribution >= 4 is 41.0 Å². The molecular weight excluding hydrogens is 354 g/mol. The standard InChI is InChI=1S/C18H17N3O2S2/c22-16(20-8-10-24-11-9-20)12-21-14-5-3-7-19-17(14)25-15-6-2-1-4-13(15)18(21)23/h1-7H,8-12H2. The van der Waals surface area contributed by atoms with Crippen molar-refractivity contribution in [3.8, 4) is 0 Å². The summed E-state index contributed by atoms with van der Waals surface area (Å²) in [6.07, 6.45) is 1.71. The molecule has 4 rings (SSSR count). The van der Waals surface area contributed by atoms with Crippen LogP contribution in [0.25, 0.3) is 0 Å². The summed E-state index contributed by atoms with van der Waals surface area (Å²) in [7, 11) is 0. The fourth-order valence-electron chi connectivity index (χ4n) is 2.96. The van der Waals surface area contributed by atoms with Gasteiger partial charge in [0.25, 0.3) is 5.91 Å². The SMILES string of the molecule is O=C(CN1C(=O)c2ccccc2Sc2ncccc21)N1CCSCC1. The van der Waals surface area contributed by atoms with E-state index in [4.69, 9.17) is 0 Å². The van der Waals surface area contributed by atoms with Crippen LogP contribution in [0.1, 0.15) is 10.4 Å². The molecule has 1 saturated heterocycles. The molecule has 0 bridgehead atoms. The van der Waals surface area contributed by atoms with Gasteiger partial charge in [-0.3, -0.25) is 14.5 Å². The number of nitrogens with zero attached hydrogens (tertiary/aromatic N) is 3. The fourth-order valence-corrected chi connectivity index (χ4v) is 4.88. The Hall–Kier alpha value is -1.99. The fraction of sp³-hybridized carbons (Fsp3) is 0.278. The molecule has 7 heteroatoms. The van der Waals surface area contributed by atoms with Crippen LogP contribution < -0.4 is 4.90 Å². The number of anilines is 1. The minimum Gasteiger partial charge on any atom is -0.339 e. The van der Waals surface area contributed by atoms with Gasteiger partial charge in [0.05, 0.1) is 11.3 Å². The van der Waals surface area contributed by atoms with Crippen molar-refractivity contribution in [3.05, 3.63) is 48.2 Å². The lowest BCUT2D eigenvalue weighted by Gasteiger charge is -2.29. The first-order valence-corrected chi connectivity index (χ1v) is 10.1. The number of hydrogen-bond acceptors (Lipinski definition) is 5. The van der Waals surface area contributed by atoms with E-state index < -0.39 is 0 Å². The summed E-state index contributed by atoms with van der Waals surface area (Å²) in [6.45, 7) is 1.55. The second-order valence-electron chi connectivity index (χ2n) is 5.81. The lowest BCUT2D eigenvalue weighted by Crippen LogP contribution is -2.46. The summed E-state index contributed by atoms with van der Waals surface area (Å²) in [6, 6.07) is 11.2. The zero-order valence-electron chi connectivity index (χ0n) is 13.6. The van der Waals surface area contributed by atoms with Crippen molar-refractivity contribution < 1.29 is 9.59 Å². The van der Waals surface area contributed by atoms with Crippen LogP contribution in [0.15, 0.2) is 52.5 Å². The smallest absolute Gasteiger partial charge is 0.259 e. The first kappa shape index (κ1) is 16.5. The Morgan fingerprint density at radius 2 is 1.92 bits per heavy atom. The van der Waals surface area contributed by atoms with Crippen molar-refractivity contribution in [2.75, 3.05) is 36.0 Å². The van der Waals surface area contributed by atoms with Crippen LogP contribution in [-0.4, -0.2) is 52.8 Å². The molecular formula is C18H17N3O2S2. The zero-order valence-corrected chi connectivity index (χ0v) is 15.2. The summed E-state index contributed by atoms with van der Waals surface area (Å²) >= 11 is 3.33. The molecule has 0 unspecified atom stereocenters. The van der Waals surface area contributed by atoms with Crippen LogP contribution in [0.3, 0.4) is 0 Å². The van der Waals surface area contributed by atoms with Gasteiger partial charge in [0, 0.05) is 35.7 Å². The van der Waals surface area contributed by atoms with Crippen LogP contribution in [0.4, 0.5) is 5.69 Å². The largest absolute Gasteiger partial charge is 0.339 e. The monoisotopic (exact) mass is 371 g/mol. The maximum absolute atomic E-state index is 13.1. The van der Waals surface area contributed by atoms with Gasteiger partial charge in [-0.2, -0.15) is 11.8 Å². The maximum Gasteiger partial charge on any atom is 0.259 e. The maximum atomic E-state index is 13.1. The van der Waals surface area contributed by atoms with E-state index in [9.17, 15) is 9.59 Å². The number of rotatable bonds is 2.